The molecule has 0 aromatic carbocycles. The van der Waals surface area contributed by atoms with Crippen LogP contribution in [-0.2, 0) is 4.79 Å². The summed E-state index contributed by atoms with van der Waals surface area (Å²) in [6.07, 6.45) is 22.7. The van der Waals surface area contributed by atoms with Gasteiger partial charge in [-0.15, -0.1) is 0 Å². The molecule has 0 aliphatic carbocycles. The fraction of sp³-hybridized carbons (Fsp3) is 0.960. The van der Waals surface area contributed by atoms with E-state index in [0.717, 1.165) is 25.7 Å². The Morgan fingerprint density at radius 3 is 1.48 bits per heavy atom. The molecule has 0 rings (SSSR count). The van der Waals surface area contributed by atoms with Gasteiger partial charge in [-0.3, -0.25) is 4.79 Å². The molecule has 0 aliphatic rings. The Kier molecular flexibility index (Phi) is 24.3. The number of hydroxylamine groups is 3. The van der Waals surface area contributed by atoms with Gasteiger partial charge in [-0.05, 0) is 12.8 Å². The van der Waals surface area contributed by atoms with Gasteiger partial charge in [-0.25, -0.2) is 5.21 Å². The molecule has 0 radical (unpaired) electrons. The van der Waals surface area contributed by atoms with Gasteiger partial charge in [0.05, 0.1) is 25.2 Å². The Hall–Kier alpha value is -1.41. The van der Waals surface area contributed by atoms with E-state index in [-0.39, 0.29) is 16.6 Å². The van der Waals surface area contributed by atoms with Crippen LogP contribution >= 0.6 is 0 Å². The Morgan fingerprint density at radius 2 is 1.15 bits per heavy atom. The summed E-state index contributed by atoms with van der Waals surface area (Å²) in [4.78, 5) is 20.4. The summed E-state index contributed by atoms with van der Waals surface area (Å²) in [5, 5.41) is 27.8. The predicted molar refractivity (Wildman–Crippen MR) is 136 cm³/mol. The van der Waals surface area contributed by atoms with Crippen molar-refractivity contribution in [2.75, 3.05) is 20.6 Å². The molecule has 0 aromatic heterocycles. The van der Waals surface area contributed by atoms with Gasteiger partial charge in [0, 0.05) is 6.42 Å². The van der Waals surface area contributed by atoms with Crippen LogP contribution in [0.2, 0.25) is 0 Å². The molecule has 8 nitrogen and oxygen atoms in total. The van der Waals surface area contributed by atoms with Crippen molar-refractivity contribution in [3.05, 3.63) is 15.3 Å². The van der Waals surface area contributed by atoms with Gasteiger partial charge in [0.25, 0.3) is 0 Å². The average Bonchev–Trinajstić information content (AvgIpc) is 2.69. The highest BCUT2D eigenvalue weighted by atomic mass is 16.9. The van der Waals surface area contributed by atoms with E-state index >= 15 is 0 Å². The number of nitrogens with zero attached hydrogens (tertiary/aromatic N) is 2. The fourth-order valence-electron chi connectivity index (χ4n) is 4.05. The number of hydrogen-bond acceptors (Lipinski definition) is 5. The van der Waals surface area contributed by atoms with Crippen molar-refractivity contribution in [1.29, 1.82) is 0 Å². The molecule has 33 heavy (non-hydrogen) atoms. The summed E-state index contributed by atoms with van der Waals surface area (Å²) in [7, 11) is 3.51. The van der Waals surface area contributed by atoms with Crippen molar-refractivity contribution in [1.82, 2.24) is 5.32 Å². The Balaban J connectivity index is 0. The van der Waals surface area contributed by atoms with Crippen molar-refractivity contribution in [2.45, 2.75) is 135 Å². The quantitative estimate of drug-likeness (QED) is 0.0823. The van der Waals surface area contributed by atoms with Crippen molar-refractivity contribution in [3.63, 3.8) is 0 Å². The minimum absolute atomic E-state index is 0.0730. The smallest absolute Gasteiger partial charge is 0.220 e. The van der Waals surface area contributed by atoms with E-state index in [9.17, 15) is 10.0 Å². The van der Waals surface area contributed by atoms with E-state index in [0.29, 0.717) is 13.0 Å². The van der Waals surface area contributed by atoms with Crippen LogP contribution in [0.4, 0.5) is 0 Å². The van der Waals surface area contributed by atoms with Crippen molar-refractivity contribution in [3.8, 4) is 0 Å². The lowest BCUT2D eigenvalue weighted by atomic mass is 10.0. The summed E-state index contributed by atoms with van der Waals surface area (Å²) < 4.78 is -0.0933. The molecule has 0 bridgehead atoms. The first kappa shape index (κ1) is 33.8. The highest BCUT2D eigenvalue weighted by molar-refractivity contribution is 5.76. The first-order chi connectivity index (χ1) is 15.6. The van der Waals surface area contributed by atoms with Crippen LogP contribution in [-0.4, -0.2) is 47.5 Å². The van der Waals surface area contributed by atoms with Gasteiger partial charge in [0.15, 0.2) is 0 Å². The molecular weight excluding hydrogens is 422 g/mol. The summed E-state index contributed by atoms with van der Waals surface area (Å²) in [5.41, 5.74) is 0. The Morgan fingerprint density at radius 1 is 0.788 bits per heavy atom. The third-order valence-corrected chi connectivity index (χ3v) is 5.68. The molecule has 0 unspecified atom stereocenters. The number of carbonyl (C=O) groups excluding carboxylic acids is 1. The van der Waals surface area contributed by atoms with Gasteiger partial charge >= 0.3 is 0 Å². The van der Waals surface area contributed by atoms with Crippen LogP contribution in [0.5, 0.6) is 0 Å². The topological polar surface area (TPSA) is 116 Å². The normalized spacial score (nSPS) is 12.0. The molecule has 0 saturated carbocycles. The number of amides is 1. The maximum absolute atomic E-state index is 12.1. The van der Waals surface area contributed by atoms with Crippen molar-refractivity contribution >= 4 is 5.91 Å². The zero-order valence-electron chi connectivity index (χ0n) is 22.0. The molecule has 1 amide bonds. The number of likely N-dealkylation sites (N-methyl/N-ethyl adjacent to an activating group) is 1. The Labute approximate surface area is 202 Å². The lowest BCUT2D eigenvalue weighted by molar-refractivity contribution is -1.07. The minimum Gasteiger partial charge on any atom is -0.356 e. The molecule has 0 heterocycles. The number of carbonyl (C=O) groups is 1. The van der Waals surface area contributed by atoms with Gasteiger partial charge in [-0.1, -0.05) is 110 Å². The molecule has 0 fully saturated rings. The van der Waals surface area contributed by atoms with Crippen LogP contribution in [0.15, 0.2) is 0 Å². The number of unbranched alkanes of at least 4 members (excludes halogenated alkanes) is 14. The zero-order valence-corrected chi connectivity index (χ0v) is 22.0. The summed E-state index contributed by atoms with van der Waals surface area (Å²) in [5.74, 6) is 0.145. The van der Waals surface area contributed by atoms with Crippen molar-refractivity contribution in [2.24, 2.45) is 0 Å². The summed E-state index contributed by atoms with van der Waals surface area (Å²) in [6.45, 7) is 4.96. The van der Waals surface area contributed by atoms with Crippen LogP contribution in [0.1, 0.15) is 129 Å². The molecule has 0 aromatic rings. The number of rotatable bonds is 21. The second-order valence-electron chi connectivity index (χ2n) is 9.78. The molecule has 8 heteroatoms. The van der Waals surface area contributed by atoms with Gasteiger partial charge in [0.2, 0.25) is 5.91 Å². The molecular formula is C25H53N3O5. The first-order valence-electron chi connectivity index (χ1n) is 13.3. The van der Waals surface area contributed by atoms with E-state index in [4.69, 9.17) is 15.3 Å². The van der Waals surface area contributed by atoms with E-state index in [1.165, 1.54) is 83.5 Å². The van der Waals surface area contributed by atoms with Crippen molar-refractivity contribution < 1.29 is 19.7 Å². The van der Waals surface area contributed by atoms with Crippen LogP contribution < -0.4 is 5.32 Å². The summed E-state index contributed by atoms with van der Waals surface area (Å²) >= 11 is 0. The van der Waals surface area contributed by atoms with Gasteiger partial charge in [0.1, 0.15) is 6.54 Å². The molecule has 0 aliphatic heterocycles. The average molecular weight is 476 g/mol. The highest BCUT2D eigenvalue weighted by Crippen LogP contribution is 2.14. The third kappa shape index (κ3) is 32.8. The largest absolute Gasteiger partial charge is 0.356 e. The number of quaternary nitrogens is 1. The highest BCUT2D eigenvalue weighted by Gasteiger charge is 2.21. The SMILES string of the molecule is CCCCCCCCCCCCCCCCCC(=O)N[C@H](CCC)C[N+](C)(C)O.O=[N+]([O-])[O-]. The molecule has 198 valence electrons. The summed E-state index contributed by atoms with van der Waals surface area (Å²) in [6, 6.07) is 0.0730. The van der Waals surface area contributed by atoms with Crippen LogP contribution in [0.25, 0.3) is 0 Å². The number of nitrogens with one attached hydrogen (secondary N) is 1. The second kappa shape index (κ2) is 23.7. The second-order valence-corrected chi connectivity index (χ2v) is 9.78. The van der Waals surface area contributed by atoms with E-state index in [1.54, 1.807) is 14.1 Å². The maximum Gasteiger partial charge on any atom is 0.220 e. The Bertz CT molecular complexity index is 452. The lowest BCUT2D eigenvalue weighted by Crippen LogP contribution is -2.49. The van der Waals surface area contributed by atoms with E-state index in [2.05, 4.69) is 19.2 Å². The monoisotopic (exact) mass is 475 g/mol. The maximum atomic E-state index is 12.1. The van der Waals surface area contributed by atoms with E-state index < -0.39 is 5.09 Å². The van der Waals surface area contributed by atoms with Crippen LogP contribution in [0.3, 0.4) is 0 Å². The molecule has 0 spiro atoms. The third-order valence-electron chi connectivity index (χ3n) is 5.68. The minimum atomic E-state index is -1.75. The number of hydrogen-bond donors (Lipinski definition) is 2. The standard InChI is InChI=1S/C25H52N2O2.NO3/c1-5-7-8-9-10-11-12-13-14-15-16-17-18-19-20-22-25(28)26-24(21-6-2)23-27(3,4)29;2-1(3)4/h24,29H,5-23H2,1-4H3;/q;-1/p+1/t24-;/m1./s1. The molecule has 2 N–H and O–H groups in total. The fourth-order valence-corrected chi connectivity index (χ4v) is 4.05. The van der Waals surface area contributed by atoms with E-state index in [1.807, 2.05) is 0 Å². The van der Waals surface area contributed by atoms with Gasteiger partial charge in [-0.2, -0.15) is 4.65 Å². The predicted octanol–water partition coefficient (Wildman–Crippen LogP) is 6.76. The van der Waals surface area contributed by atoms with Gasteiger partial charge < -0.3 is 20.6 Å². The first-order valence-corrected chi connectivity index (χ1v) is 13.3. The van der Waals surface area contributed by atoms with Crippen LogP contribution in [0, 0.1) is 15.3 Å². The molecule has 1 atom stereocenters. The lowest BCUT2D eigenvalue weighted by Gasteiger charge is -2.26. The molecule has 0 saturated heterocycles. The zero-order chi connectivity index (χ0) is 25.4.